The number of nitrogens with one attached hydrogen (secondary N) is 1. The van der Waals surface area contributed by atoms with Crippen LogP contribution in [-0.4, -0.2) is 28.3 Å². The predicted molar refractivity (Wildman–Crippen MR) is 86.8 cm³/mol. The predicted octanol–water partition coefficient (Wildman–Crippen LogP) is 3.42. The zero-order valence-corrected chi connectivity index (χ0v) is 13.5. The normalized spacial score (nSPS) is 17.6. The summed E-state index contributed by atoms with van der Waals surface area (Å²) in [5, 5.41) is 3.18. The highest BCUT2D eigenvalue weighted by atomic mass is 19.4. The topological polar surface area (TPSA) is 54.9 Å². The maximum atomic E-state index is 12.6. The van der Waals surface area contributed by atoms with Gasteiger partial charge in [0, 0.05) is 30.1 Å². The van der Waals surface area contributed by atoms with E-state index in [0.717, 1.165) is 37.3 Å². The number of aromatic nitrogens is 2. The first-order valence-electron chi connectivity index (χ1n) is 8.18. The van der Waals surface area contributed by atoms with Crippen molar-refractivity contribution in [3.63, 3.8) is 0 Å². The number of hydrogen-bond donors (Lipinski definition) is 1. The SMILES string of the molecule is O=C(CCc1cc(-c2ccc(C(F)(F)F)cn2)ccn1)[C@@H]1CCCN1. The lowest BCUT2D eigenvalue weighted by Gasteiger charge is -2.09. The molecule has 0 radical (unpaired) electrons. The van der Waals surface area contributed by atoms with Gasteiger partial charge in [-0.15, -0.1) is 0 Å². The van der Waals surface area contributed by atoms with E-state index in [4.69, 9.17) is 0 Å². The minimum Gasteiger partial charge on any atom is -0.307 e. The summed E-state index contributed by atoms with van der Waals surface area (Å²) in [6.07, 6.45) is 0.808. The van der Waals surface area contributed by atoms with Crippen molar-refractivity contribution in [2.24, 2.45) is 0 Å². The highest BCUT2D eigenvalue weighted by Gasteiger charge is 2.30. The van der Waals surface area contributed by atoms with Gasteiger partial charge in [-0.3, -0.25) is 14.8 Å². The Hall–Kier alpha value is -2.28. The Balaban J connectivity index is 1.67. The van der Waals surface area contributed by atoms with Crippen molar-refractivity contribution in [3.05, 3.63) is 47.9 Å². The monoisotopic (exact) mass is 349 g/mol. The summed E-state index contributed by atoms with van der Waals surface area (Å²) in [6, 6.07) is 5.76. The Morgan fingerprint density at radius 1 is 1.24 bits per heavy atom. The quantitative estimate of drug-likeness (QED) is 0.899. The third-order valence-electron chi connectivity index (χ3n) is 4.28. The van der Waals surface area contributed by atoms with Crippen molar-refractivity contribution >= 4 is 5.78 Å². The standard InChI is InChI=1S/C18H18F3N3O/c19-18(20,21)13-3-5-15(24-11-13)12-7-9-22-14(10-12)4-6-17(25)16-2-1-8-23-16/h3,5,7,9-11,16,23H,1-2,4,6,8H2/t16-/m0/s1. The molecule has 1 atom stereocenters. The molecule has 0 saturated carbocycles. The minimum absolute atomic E-state index is 0.0558. The van der Waals surface area contributed by atoms with E-state index in [9.17, 15) is 18.0 Å². The number of hydrogen-bond acceptors (Lipinski definition) is 4. The van der Waals surface area contributed by atoms with E-state index in [1.807, 2.05) is 0 Å². The number of aryl methyl sites for hydroxylation is 1. The molecule has 0 bridgehead atoms. The van der Waals surface area contributed by atoms with Gasteiger partial charge in [0.25, 0.3) is 0 Å². The molecule has 0 spiro atoms. The van der Waals surface area contributed by atoms with E-state index in [1.165, 1.54) is 6.07 Å². The van der Waals surface area contributed by atoms with E-state index in [-0.39, 0.29) is 11.8 Å². The smallest absolute Gasteiger partial charge is 0.307 e. The Bertz CT molecular complexity index is 738. The number of nitrogens with zero attached hydrogens (tertiary/aromatic N) is 2. The number of Topliss-reactive ketones (excluding diaryl/α,β-unsaturated/α-hetero) is 1. The van der Waals surface area contributed by atoms with Crippen LogP contribution in [0.25, 0.3) is 11.3 Å². The van der Waals surface area contributed by atoms with Crippen LogP contribution in [0.1, 0.15) is 30.5 Å². The summed E-state index contributed by atoms with van der Waals surface area (Å²) >= 11 is 0. The molecule has 0 aliphatic carbocycles. The number of ketones is 1. The molecule has 0 unspecified atom stereocenters. The molecule has 25 heavy (non-hydrogen) atoms. The van der Waals surface area contributed by atoms with Gasteiger partial charge in [0.15, 0.2) is 0 Å². The van der Waals surface area contributed by atoms with Crippen LogP contribution < -0.4 is 5.32 Å². The third kappa shape index (κ3) is 4.42. The third-order valence-corrected chi connectivity index (χ3v) is 4.28. The van der Waals surface area contributed by atoms with Crippen molar-refractivity contribution in [1.82, 2.24) is 15.3 Å². The molecule has 1 aliphatic rings. The maximum Gasteiger partial charge on any atom is 0.417 e. The molecule has 1 aliphatic heterocycles. The van der Waals surface area contributed by atoms with Crippen LogP contribution in [0.3, 0.4) is 0 Å². The zero-order chi connectivity index (χ0) is 17.9. The zero-order valence-electron chi connectivity index (χ0n) is 13.5. The molecule has 3 rings (SSSR count). The van der Waals surface area contributed by atoms with Crippen molar-refractivity contribution < 1.29 is 18.0 Å². The molecule has 2 aromatic rings. The van der Waals surface area contributed by atoms with E-state index in [1.54, 1.807) is 18.3 Å². The molecule has 7 heteroatoms. The Kier molecular flexibility index (Phi) is 5.13. The van der Waals surface area contributed by atoms with Crippen LogP contribution in [0, 0.1) is 0 Å². The molecule has 0 amide bonds. The molecule has 3 heterocycles. The number of rotatable bonds is 5. The number of halogens is 3. The first-order chi connectivity index (χ1) is 11.9. The first-order valence-corrected chi connectivity index (χ1v) is 8.18. The van der Waals surface area contributed by atoms with Crippen molar-refractivity contribution in [2.45, 2.75) is 37.9 Å². The van der Waals surface area contributed by atoms with Gasteiger partial charge in [0.1, 0.15) is 5.78 Å². The second kappa shape index (κ2) is 7.31. The van der Waals surface area contributed by atoms with Gasteiger partial charge in [0.2, 0.25) is 0 Å². The molecule has 1 saturated heterocycles. The van der Waals surface area contributed by atoms with E-state index < -0.39 is 11.7 Å². The van der Waals surface area contributed by atoms with Crippen molar-refractivity contribution in [1.29, 1.82) is 0 Å². The summed E-state index contributed by atoms with van der Waals surface area (Å²) in [4.78, 5) is 20.2. The van der Waals surface area contributed by atoms with Crippen LogP contribution >= 0.6 is 0 Å². The molecular weight excluding hydrogens is 331 g/mol. The molecule has 1 fully saturated rings. The maximum absolute atomic E-state index is 12.6. The van der Waals surface area contributed by atoms with Gasteiger partial charge >= 0.3 is 6.18 Å². The first kappa shape index (κ1) is 17.5. The second-order valence-electron chi connectivity index (χ2n) is 6.08. The number of pyridine rings is 2. The summed E-state index contributed by atoms with van der Waals surface area (Å²) in [7, 11) is 0. The molecule has 1 N–H and O–H groups in total. The van der Waals surface area contributed by atoms with Crippen LogP contribution in [0.15, 0.2) is 36.7 Å². The average Bonchev–Trinajstić information content (AvgIpc) is 3.14. The van der Waals surface area contributed by atoms with Crippen molar-refractivity contribution in [2.75, 3.05) is 6.54 Å². The lowest BCUT2D eigenvalue weighted by atomic mass is 10.0. The lowest BCUT2D eigenvalue weighted by Crippen LogP contribution is -2.30. The highest BCUT2D eigenvalue weighted by molar-refractivity contribution is 5.84. The molecule has 132 valence electrons. The van der Waals surface area contributed by atoms with Crippen LogP contribution in [0.4, 0.5) is 13.2 Å². The molecular formula is C18H18F3N3O. The molecule has 4 nitrogen and oxygen atoms in total. The van der Waals surface area contributed by atoms with E-state index in [2.05, 4.69) is 15.3 Å². The molecule has 0 aromatic carbocycles. The average molecular weight is 349 g/mol. The highest BCUT2D eigenvalue weighted by Crippen LogP contribution is 2.29. The fourth-order valence-electron chi connectivity index (χ4n) is 2.89. The fraction of sp³-hybridized carbons (Fsp3) is 0.389. The van der Waals surface area contributed by atoms with Gasteiger partial charge in [-0.25, -0.2) is 0 Å². The van der Waals surface area contributed by atoms with Crippen LogP contribution in [0.5, 0.6) is 0 Å². The van der Waals surface area contributed by atoms with Crippen LogP contribution in [0.2, 0.25) is 0 Å². The van der Waals surface area contributed by atoms with E-state index >= 15 is 0 Å². The second-order valence-corrected chi connectivity index (χ2v) is 6.08. The number of carbonyl (C=O) groups excluding carboxylic acids is 1. The van der Waals surface area contributed by atoms with Gasteiger partial charge in [0.05, 0.1) is 17.3 Å². The largest absolute Gasteiger partial charge is 0.417 e. The molecule has 2 aromatic heterocycles. The fourth-order valence-corrected chi connectivity index (χ4v) is 2.89. The Morgan fingerprint density at radius 2 is 2.08 bits per heavy atom. The summed E-state index contributed by atoms with van der Waals surface area (Å²) in [5.41, 5.74) is 1.08. The Labute approximate surface area is 143 Å². The lowest BCUT2D eigenvalue weighted by molar-refractivity contribution is -0.137. The van der Waals surface area contributed by atoms with Gasteiger partial charge in [-0.1, -0.05) is 0 Å². The Morgan fingerprint density at radius 3 is 2.72 bits per heavy atom. The number of carbonyl (C=O) groups is 1. The summed E-state index contributed by atoms with van der Waals surface area (Å²) in [6.45, 7) is 0.879. The summed E-state index contributed by atoms with van der Waals surface area (Å²) < 4.78 is 37.8. The van der Waals surface area contributed by atoms with Crippen LogP contribution in [-0.2, 0) is 17.4 Å². The number of alkyl halides is 3. The van der Waals surface area contributed by atoms with Gasteiger partial charge in [-0.2, -0.15) is 13.2 Å². The summed E-state index contributed by atoms with van der Waals surface area (Å²) in [5.74, 6) is 0.178. The van der Waals surface area contributed by atoms with E-state index in [0.29, 0.717) is 24.1 Å². The van der Waals surface area contributed by atoms with Crippen molar-refractivity contribution in [3.8, 4) is 11.3 Å². The van der Waals surface area contributed by atoms with Gasteiger partial charge in [-0.05, 0) is 50.1 Å². The van der Waals surface area contributed by atoms with Gasteiger partial charge < -0.3 is 5.32 Å². The minimum atomic E-state index is -4.40.